The molecule has 0 bridgehead atoms. The fourth-order valence-corrected chi connectivity index (χ4v) is 2.91. The van der Waals surface area contributed by atoms with Crippen LogP contribution in [0.4, 0.5) is 0 Å². The predicted molar refractivity (Wildman–Crippen MR) is 82.6 cm³/mol. The van der Waals surface area contributed by atoms with Crippen LogP contribution in [0.3, 0.4) is 0 Å². The van der Waals surface area contributed by atoms with E-state index in [1.165, 1.54) is 6.07 Å². The van der Waals surface area contributed by atoms with Crippen molar-refractivity contribution < 1.29 is 13.5 Å². The van der Waals surface area contributed by atoms with Crippen LogP contribution in [0.2, 0.25) is 10.0 Å². The van der Waals surface area contributed by atoms with Gasteiger partial charge in [0.05, 0.1) is 21.4 Å². The summed E-state index contributed by atoms with van der Waals surface area (Å²) in [5.41, 5.74) is -0.555. The molecule has 20 heavy (non-hydrogen) atoms. The average Bonchev–Trinajstić information content (AvgIpc) is 2.31. The Morgan fingerprint density at radius 3 is 2.40 bits per heavy atom. The van der Waals surface area contributed by atoms with Gasteiger partial charge in [-0.15, -0.1) is 0 Å². The third-order valence-electron chi connectivity index (χ3n) is 3.23. The minimum atomic E-state index is -3.54. The van der Waals surface area contributed by atoms with Crippen LogP contribution < -0.4 is 4.72 Å². The van der Waals surface area contributed by atoms with Crippen molar-refractivity contribution in [1.29, 1.82) is 0 Å². The summed E-state index contributed by atoms with van der Waals surface area (Å²) in [7, 11) is -3.54. The second kappa shape index (κ2) is 6.62. The van der Waals surface area contributed by atoms with Crippen LogP contribution in [0.25, 0.3) is 0 Å². The maximum atomic E-state index is 12.0. The molecule has 0 saturated heterocycles. The van der Waals surface area contributed by atoms with Crippen molar-refractivity contribution >= 4 is 33.2 Å². The number of sulfonamides is 1. The molecular weight excluding hydrogens is 321 g/mol. The van der Waals surface area contributed by atoms with E-state index in [-0.39, 0.29) is 18.2 Å². The van der Waals surface area contributed by atoms with Gasteiger partial charge in [-0.25, -0.2) is 13.1 Å². The van der Waals surface area contributed by atoms with Crippen molar-refractivity contribution in [3.8, 4) is 0 Å². The first-order chi connectivity index (χ1) is 9.03. The van der Waals surface area contributed by atoms with Crippen molar-refractivity contribution in [3.05, 3.63) is 33.8 Å². The van der Waals surface area contributed by atoms with Gasteiger partial charge in [-0.3, -0.25) is 0 Å². The van der Waals surface area contributed by atoms with Crippen LogP contribution in [-0.4, -0.2) is 25.7 Å². The molecule has 1 rings (SSSR count). The van der Waals surface area contributed by atoms with Crippen molar-refractivity contribution in [2.24, 2.45) is 5.92 Å². The average molecular weight is 340 g/mol. The van der Waals surface area contributed by atoms with Gasteiger partial charge >= 0.3 is 0 Å². The minimum Gasteiger partial charge on any atom is -0.389 e. The van der Waals surface area contributed by atoms with Gasteiger partial charge in [0, 0.05) is 6.54 Å². The SMILES string of the molecule is CC(C)C(C)(O)CNS(=O)(=O)Cc1ccc(Cl)c(Cl)c1. The highest BCUT2D eigenvalue weighted by atomic mass is 35.5. The van der Waals surface area contributed by atoms with E-state index in [1.807, 2.05) is 13.8 Å². The Bertz CT molecular complexity index is 571. The summed E-state index contributed by atoms with van der Waals surface area (Å²) in [5, 5.41) is 10.7. The Balaban J connectivity index is 2.73. The Hall–Kier alpha value is -0.330. The molecule has 0 spiro atoms. The van der Waals surface area contributed by atoms with Gasteiger partial charge in [-0.2, -0.15) is 0 Å². The maximum Gasteiger partial charge on any atom is 0.215 e. The van der Waals surface area contributed by atoms with E-state index in [2.05, 4.69) is 4.72 Å². The first kappa shape index (κ1) is 17.7. The molecule has 0 aromatic heterocycles. The Kier molecular flexibility index (Phi) is 5.87. The molecule has 0 aliphatic carbocycles. The van der Waals surface area contributed by atoms with E-state index >= 15 is 0 Å². The Morgan fingerprint density at radius 2 is 1.90 bits per heavy atom. The van der Waals surface area contributed by atoms with Crippen molar-refractivity contribution in [1.82, 2.24) is 4.72 Å². The molecule has 7 heteroatoms. The molecule has 0 aliphatic heterocycles. The zero-order chi connectivity index (χ0) is 15.6. The lowest BCUT2D eigenvalue weighted by molar-refractivity contribution is 0.0190. The first-order valence-corrected chi connectivity index (χ1v) is 8.58. The van der Waals surface area contributed by atoms with Crippen molar-refractivity contribution in [3.63, 3.8) is 0 Å². The summed E-state index contributed by atoms with van der Waals surface area (Å²) in [6.45, 7) is 5.22. The van der Waals surface area contributed by atoms with Crippen LogP contribution in [0.5, 0.6) is 0 Å². The standard InChI is InChI=1S/C13H19Cl2NO3S/c1-9(2)13(3,17)8-16-20(18,19)7-10-4-5-11(14)12(15)6-10/h4-6,9,16-17H,7-8H2,1-3H3. The highest BCUT2D eigenvalue weighted by molar-refractivity contribution is 7.88. The van der Waals surface area contributed by atoms with Crippen LogP contribution in [-0.2, 0) is 15.8 Å². The van der Waals surface area contributed by atoms with Gasteiger partial charge in [0.1, 0.15) is 0 Å². The van der Waals surface area contributed by atoms with Crippen molar-refractivity contribution in [2.75, 3.05) is 6.54 Å². The molecule has 1 aromatic carbocycles. The molecule has 0 aliphatic rings. The summed E-state index contributed by atoms with van der Waals surface area (Å²) < 4.78 is 26.3. The third-order valence-corrected chi connectivity index (χ3v) is 5.27. The normalized spacial score (nSPS) is 15.3. The summed E-state index contributed by atoms with van der Waals surface area (Å²) >= 11 is 11.6. The molecule has 0 saturated carbocycles. The van der Waals surface area contributed by atoms with Crippen LogP contribution in [0, 0.1) is 5.92 Å². The zero-order valence-electron chi connectivity index (χ0n) is 11.7. The number of nitrogens with one attached hydrogen (secondary N) is 1. The molecule has 1 atom stereocenters. The smallest absolute Gasteiger partial charge is 0.215 e. The van der Waals surface area contributed by atoms with E-state index in [0.717, 1.165) is 0 Å². The lowest BCUT2D eigenvalue weighted by atomic mass is 9.93. The van der Waals surface area contributed by atoms with Crippen LogP contribution in [0.15, 0.2) is 18.2 Å². The zero-order valence-corrected chi connectivity index (χ0v) is 14.0. The molecule has 0 radical (unpaired) electrons. The largest absolute Gasteiger partial charge is 0.389 e. The summed E-state index contributed by atoms with van der Waals surface area (Å²) in [6.07, 6.45) is 0. The summed E-state index contributed by atoms with van der Waals surface area (Å²) in [4.78, 5) is 0. The highest BCUT2D eigenvalue weighted by Crippen LogP contribution is 2.23. The van der Waals surface area contributed by atoms with Crippen molar-refractivity contribution in [2.45, 2.75) is 32.1 Å². The van der Waals surface area contributed by atoms with Crippen LogP contribution in [0.1, 0.15) is 26.3 Å². The fraction of sp³-hybridized carbons (Fsp3) is 0.538. The molecule has 4 nitrogen and oxygen atoms in total. The minimum absolute atomic E-state index is 0.0334. The molecule has 0 fully saturated rings. The number of hydrogen-bond acceptors (Lipinski definition) is 3. The van der Waals surface area contributed by atoms with Crippen LogP contribution >= 0.6 is 23.2 Å². The lowest BCUT2D eigenvalue weighted by Gasteiger charge is -2.27. The Labute approximate surface area is 130 Å². The molecule has 0 heterocycles. The van der Waals surface area contributed by atoms with E-state index in [1.54, 1.807) is 19.1 Å². The number of rotatable bonds is 6. The monoisotopic (exact) mass is 339 g/mol. The first-order valence-electron chi connectivity index (χ1n) is 6.17. The quantitative estimate of drug-likeness (QED) is 0.837. The summed E-state index contributed by atoms with van der Waals surface area (Å²) in [5.74, 6) is -0.270. The Morgan fingerprint density at radius 1 is 1.30 bits per heavy atom. The number of aliphatic hydroxyl groups is 1. The fourth-order valence-electron chi connectivity index (χ4n) is 1.36. The second-order valence-electron chi connectivity index (χ2n) is 5.34. The lowest BCUT2D eigenvalue weighted by Crippen LogP contribution is -2.44. The molecular formula is C13H19Cl2NO3S. The van der Waals surface area contributed by atoms with Gasteiger partial charge in [0.25, 0.3) is 0 Å². The van der Waals surface area contributed by atoms with E-state index in [0.29, 0.717) is 15.6 Å². The second-order valence-corrected chi connectivity index (χ2v) is 7.96. The summed E-state index contributed by atoms with van der Waals surface area (Å²) in [6, 6.07) is 4.68. The van der Waals surface area contributed by atoms with Gasteiger partial charge < -0.3 is 5.11 Å². The van der Waals surface area contributed by atoms with E-state index in [9.17, 15) is 13.5 Å². The predicted octanol–water partition coefficient (Wildman–Crippen LogP) is 2.82. The van der Waals surface area contributed by atoms with Gasteiger partial charge in [-0.1, -0.05) is 43.1 Å². The van der Waals surface area contributed by atoms with Gasteiger partial charge in [0.2, 0.25) is 10.0 Å². The number of hydrogen-bond donors (Lipinski definition) is 2. The number of benzene rings is 1. The van der Waals surface area contributed by atoms with E-state index < -0.39 is 15.6 Å². The van der Waals surface area contributed by atoms with Gasteiger partial charge in [-0.05, 0) is 30.5 Å². The highest BCUT2D eigenvalue weighted by Gasteiger charge is 2.27. The van der Waals surface area contributed by atoms with Gasteiger partial charge in [0.15, 0.2) is 0 Å². The number of halogens is 2. The third kappa shape index (κ3) is 5.22. The molecule has 0 amide bonds. The molecule has 2 N–H and O–H groups in total. The molecule has 1 unspecified atom stereocenters. The molecule has 114 valence electrons. The topological polar surface area (TPSA) is 66.4 Å². The molecule has 1 aromatic rings. The maximum absolute atomic E-state index is 12.0. The van der Waals surface area contributed by atoms with E-state index in [4.69, 9.17) is 23.2 Å².